The molecular weight excluding hydrogens is 118 g/mol. The molecule has 0 aliphatic heterocycles. The van der Waals surface area contributed by atoms with Crippen LogP contribution in [0.25, 0.3) is 0 Å². The summed E-state index contributed by atoms with van der Waals surface area (Å²) in [5.41, 5.74) is 0. The molecule has 1 N–H and O–H groups in total. The molecule has 0 atom stereocenters. The van der Waals surface area contributed by atoms with Crippen molar-refractivity contribution in [3.63, 3.8) is 0 Å². The van der Waals surface area contributed by atoms with Gasteiger partial charge in [0, 0.05) is 6.92 Å². The second-order valence-electron chi connectivity index (χ2n) is 1.45. The lowest BCUT2D eigenvalue weighted by molar-refractivity contribution is -0.119. The lowest BCUT2D eigenvalue weighted by atomic mass is 10.6. The van der Waals surface area contributed by atoms with Gasteiger partial charge < -0.3 is 10.1 Å². The van der Waals surface area contributed by atoms with Gasteiger partial charge >= 0.3 is 0 Å². The van der Waals surface area contributed by atoms with Gasteiger partial charge in [0.15, 0.2) is 0 Å². The highest BCUT2D eigenvalue weighted by Gasteiger charge is 1.87. The van der Waals surface area contributed by atoms with E-state index in [9.17, 15) is 4.79 Å². The molecule has 0 heterocycles. The van der Waals surface area contributed by atoms with E-state index in [4.69, 9.17) is 6.42 Å². The standard InChI is InChI=1S/C6H9NO2/c1-3-9-5-4-7-6(2)8/h1H,4-5H2,2H3,(H,7,8). The molecule has 0 aromatic carbocycles. The summed E-state index contributed by atoms with van der Waals surface area (Å²) in [6, 6.07) is 0. The van der Waals surface area contributed by atoms with Crippen molar-refractivity contribution in [3.8, 4) is 12.5 Å². The molecular formula is C6H9NO2. The quantitative estimate of drug-likeness (QED) is 0.418. The molecule has 1 amide bonds. The number of rotatable bonds is 3. The number of ether oxygens (including phenoxy) is 1. The Labute approximate surface area is 54.4 Å². The molecule has 0 saturated carbocycles. The average Bonchev–Trinajstić information content (AvgIpc) is 1.80. The van der Waals surface area contributed by atoms with Crippen molar-refractivity contribution in [3.05, 3.63) is 0 Å². The fourth-order valence-electron chi connectivity index (χ4n) is 0.337. The Morgan fingerprint density at radius 1 is 1.89 bits per heavy atom. The van der Waals surface area contributed by atoms with Crippen LogP contribution in [0.1, 0.15) is 6.92 Å². The summed E-state index contributed by atoms with van der Waals surface area (Å²) in [4.78, 5) is 10.2. The molecule has 0 radical (unpaired) electrons. The first-order valence-corrected chi connectivity index (χ1v) is 2.59. The Hall–Kier alpha value is -1.17. The molecule has 0 bridgehead atoms. The maximum Gasteiger partial charge on any atom is 0.216 e. The van der Waals surface area contributed by atoms with Crippen LogP contribution >= 0.6 is 0 Å². The number of hydrogen-bond donors (Lipinski definition) is 1. The highest BCUT2D eigenvalue weighted by molar-refractivity contribution is 5.72. The lowest BCUT2D eigenvalue weighted by Gasteiger charge is -1.97. The predicted octanol–water partition coefficient (Wildman–Crippen LogP) is -0.270. The molecule has 0 saturated heterocycles. The molecule has 0 aliphatic carbocycles. The second kappa shape index (κ2) is 4.98. The molecule has 0 rings (SSSR count). The fraction of sp³-hybridized carbons (Fsp3) is 0.500. The fourth-order valence-corrected chi connectivity index (χ4v) is 0.337. The van der Waals surface area contributed by atoms with E-state index >= 15 is 0 Å². The van der Waals surface area contributed by atoms with Gasteiger partial charge in [0.25, 0.3) is 0 Å². The van der Waals surface area contributed by atoms with E-state index in [1.165, 1.54) is 6.92 Å². The van der Waals surface area contributed by atoms with Gasteiger partial charge in [-0.15, -0.1) is 0 Å². The minimum Gasteiger partial charge on any atom is -0.445 e. The maximum absolute atomic E-state index is 10.2. The van der Waals surface area contributed by atoms with E-state index in [1.807, 2.05) is 6.11 Å². The highest BCUT2D eigenvalue weighted by atomic mass is 16.5. The number of carbonyl (C=O) groups is 1. The van der Waals surface area contributed by atoms with Crippen LogP contribution in [0.3, 0.4) is 0 Å². The van der Waals surface area contributed by atoms with E-state index in [2.05, 4.69) is 10.1 Å². The molecule has 0 aromatic heterocycles. The Bertz CT molecular complexity index is 126. The first-order chi connectivity index (χ1) is 4.27. The van der Waals surface area contributed by atoms with Crippen molar-refractivity contribution < 1.29 is 9.53 Å². The van der Waals surface area contributed by atoms with Crippen molar-refractivity contribution in [1.29, 1.82) is 0 Å². The maximum atomic E-state index is 10.2. The Morgan fingerprint density at radius 2 is 2.56 bits per heavy atom. The van der Waals surface area contributed by atoms with Crippen molar-refractivity contribution in [2.45, 2.75) is 6.92 Å². The molecule has 0 fully saturated rings. The summed E-state index contributed by atoms with van der Waals surface area (Å²) in [5, 5.41) is 2.52. The van der Waals surface area contributed by atoms with Gasteiger partial charge in [-0.3, -0.25) is 4.79 Å². The van der Waals surface area contributed by atoms with Gasteiger partial charge in [0.2, 0.25) is 5.91 Å². The van der Waals surface area contributed by atoms with Crippen molar-refractivity contribution in [2.75, 3.05) is 13.2 Å². The third kappa shape index (κ3) is 6.83. The van der Waals surface area contributed by atoms with Gasteiger partial charge in [-0.1, -0.05) is 6.42 Å². The average molecular weight is 127 g/mol. The third-order valence-corrected chi connectivity index (χ3v) is 0.661. The molecule has 3 heteroatoms. The van der Waals surface area contributed by atoms with Crippen molar-refractivity contribution in [1.82, 2.24) is 5.32 Å². The van der Waals surface area contributed by atoms with Crippen LogP contribution in [0.5, 0.6) is 0 Å². The molecule has 9 heavy (non-hydrogen) atoms. The van der Waals surface area contributed by atoms with Crippen molar-refractivity contribution >= 4 is 5.91 Å². The predicted molar refractivity (Wildman–Crippen MR) is 33.5 cm³/mol. The van der Waals surface area contributed by atoms with E-state index in [0.29, 0.717) is 13.2 Å². The van der Waals surface area contributed by atoms with Gasteiger partial charge in [0.05, 0.1) is 6.54 Å². The van der Waals surface area contributed by atoms with E-state index < -0.39 is 0 Å². The Kier molecular flexibility index (Phi) is 4.33. The summed E-state index contributed by atoms with van der Waals surface area (Å²) in [7, 11) is 0. The Morgan fingerprint density at radius 3 is 3.00 bits per heavy atom. The van der Waals surface area contributed by atoms with Crippen LogP contribution in [-0.2, 0) is 9.53 Å². The van der Waals surface area contributed by atoms with Gasteiger partial charge in [0.1, 0.15) is 12.7 Å². The lowest BCUT2D eigenvalue weighted by Crippen LogP contribution is -2.23. The smallest absolute Gasteiger partial charge is 0.216 e. The number of amides is 1. The number of terminal acetylenes is 1. The van der Waals surface area contributed by atoms with Gasteiger partial charge in [-0.05, 0) is 0 Å². The molecule has 0 spiro atoms. The van der Waals surface area contributed by atoms with Crippen molar-refractivity contribution in [2.24, 2.45) is 0 Å². The summed E-state index contributed by atoms with van der Waals surface area (Å²) < 4.78 is 4.50. The first-order valence-electron chi connectivity index (χ1n) is 2.59. The zero-order valence-corrected chi connectivity index (χ0v) is 5.31. The van der Waals surface area contributed by atoms with Crippen LogP contribution < -0.4 is 5.32 Å². The number of carbonyl (C=O) groups excluding carboxylic acids is 1. The van der Waals surface area contributed by atoms with Crippen LogP contribution in [0, 0.1) is 12.5 Å². The van der Waals surface area contributed by atoms with Crippen LogP contribution in [-0.4, -0.2) is 19.1 Å². The first kappa shape index (κ1) is 7.83. The normalized spacial score (nSPS) is 7.56. The minimum absolute atomic E-state index is 0.0735. The third-order valence-electron chi connectivity index (χ3n) is 0.661. The number of nitrogens with one attached hydrogen (secondary N) is 1. The second-order valence-corrected chi connectivity index (χ2v) is 1.45. The van der Waals surface area contributed by atoms with Crippen LogP contribution in [0.2, 0.25) is 0 Å². The molecule has 0 aliphatic rings. The Balaban J connectivity index is 2.94. The monoisotopic (exact) mass is 127 g/mol. The zero-order chi connectivity index (χ0) is 7.11. The van der Waals surface area contributed by atoms with E-state index in [0.717, 1.165) is 0 Å². The summed E-state index contributed by atoms with van der Waals surface area (Å²) in [6.45, 7) is 2.28. The molecule has 50 valence electrons. The SMILES string of the molecule is C#COCCNC(C)=O. The largest absolute Gasteiger partial charge is 0.445 e. The zero-order valence-electron chi connectivity index (χ0n) is 5.31. The summed E-state index contributed by atoms with van der Waals surface area (Å²) in [5.74, 6) is -0.0735. The van der Waals surface area contributed by atoms with Gasteiger partial charge in [-0.2, -0.15) is 0 Å². The number of hydrogen-bond acceptors (Lipinski definition) is 2. The molecule has 0 unspecified atom stereocenters. The summed E-state index contributed by atoms with van der Waals surface area (Å²) in [6.07, 6.45) is 6.75. The minimum atomic E-state index is -0.0735. The van der Waals surface area contributed by atoms with Crippen LogP contribution in [0.15, 0.2) is 0 Å². The van der Waals surface area contributed by atoms with Gasteiger partial charge in [-0.25, -0.2) is 0 Å². The van der Waals surface area contributed by atoms with E-state index in [1.54, 1.807) is 0 Å². The molecule has 0 aromatic rings. The topological polar surface area (TPSA) is 38.3 Å². The van der Waals surface area contributed by atoms with E-state index in [-0.39, 0.29) is 5.91 Å². The summed E-state index contributed by atoms with van der Waals surface area (Å²) >= 11 is 0. The highest BCUT2D eigenvalue weighted by Crippen LogP contribution is 1.66. The molecule has 3 nitrogen and oxygen atoms in total. The van der Waals surface area contributed by atoms with Crippen LogP contribution in [0.4, 0.5) is 0 Å².